The maximum atomic E-state index is 13.4. The van der Waals surface area contributed by atoms with Crippen LogP contribution >= 0.6 is 15.9 Å². The molecule has 2 saturated heterocycles. The Morgan fingerprint density at radius 3 is 2.66 bits per heavy atom. The number of aryl methyl sites for hydroxylation is 1. The number of piperidine rings is 1. The highest BCUT2D eigenvalue weighted by Gasteiger charge is 2.42. The van der Waals surface area contributed by atoms with Crippen molar-refractivity contribution in [2.75, 3.05) is 57.4 Å². The summed E-state index contributed by atoms with van der Waals surface area (Å²) in [6, 6.07) is 9.39. The lowest BCUT2D eigenvalue weighted by Gasteiger charge is -2.46. The van der Waals surface area contributed by atoms with Crippen molar-refractivity contribution in [3.8, 4) is 5.75 Å². The molecule has 3 aliphatic heterocycles. The molecule has 0 bridgehead atoms. The van der Waals surface area contributed by atoms with Gasteiger partial charge in [-0.05, 0) is 57.0 Å². The van der Waals surface area contributed by atoms with Crippen LogP contribution in [-0.4, -0.2) is 92.6 Å². The van der Waals surface area contributed by atoms with Crippen LogP contribution in [0.4, 0.5) is 10.5 Å². The maximum Gasteiger partial charge on any atom is 0.407 e. The first kappa shape index (κ1) is 29.3. The van der Waals surface area contributed by atoms with E-state index in [1.807, 2.05) is 25.1 Å². The minimum atomic E-state index is -3.90. The second-order valence-corrected chi connectivity index (χ2v) is 13.4. The first-order valence-electron chi connectivity index (χ1n) is 13.6. The van der Waals surface area contributed by atoms with Gasteiger partial charge in [0.05, 0.1) is 23.6 Å². The molecule has 220 valence electrons. The highest BCUT2D eigenvalue weighted by atomic mass is 79.9. The van der Waals surface area contributed by atoms with E-state index < -0.39 is 21.7 Å². The van der Waals surface area contributed by atoms with Gasteiger partial charge in [0.15, 0.2) is 0 Å². The third kappa shape index (κ3) is 6.52. The Morgan fingerprint density at radius 2 is 1.95 bits per heavy atom. The Labute approximate surface area is 248 Å². The molecule has 1 aromatic heterocycles. The average Bonchev–Trinajstić information content (AvgIpc) is 2.94. The summed E-state index contributed by atoms with van der Waals surface area (Å²) < 4.78 is 39.8. The number of carbonyl (C=O) groups excluding carboxylic acids is 2. The van der Waals surface area contributed by atoms with Crippen LogP contribution in [0.1, 0.15) is 31.0 Å². The van der Waals surface area contributed by atoms with Crippen molar-refractivity contribution < 1.29 is 27.5 Å². The monoisotopic (exact) mass is 647 g/mol. The van der Waals surface area contributed by atoms with Crippen molar-refractivity contribution in [2.24, 2.45) is 0 Å². The predicted molar refractivity (Wildman–Crippen MR) is 158 cm³/mol. The van der Waals surface area contributed by atoms with Crippen LogP contribution in [0.15, 0.2) is 45.9 Å². The summed E-state index contributed by atoms with van der Waals surface area (Å²) in [5, 5.41) is 3.04. The number of aromatic nitrogens is 1. The molecule has 3 aliphatic rings. The van der Waals surface area contributed by atoms with E-state index in [0.29, 0.717) is 37.2 Å². The fourth-order valence-electron chi connectivity index (χ4n) is 5.48. The molecule has 2 amide bonds. The van der Waals surface area contributed by atoms with Crippen LogP contribution in [0.3, 0.4) is 0 Å². The Kier molecular flexibility index (Phi) is 8.57. The van der Waals surface area contributed by atoms with Crippen molar-refractivity contribution in [1.29, 1.82) is 0 Å². The molecule has 0 radical (unpaired) electrons. The number of alkyl carbamates (subject to hydrolysis) is 1. The smallest absolute Gasteiger partial charge is 0.407 e. The average molecular weight is 649 g/mol. The Bertz CT molecular complexity index is 1460. The number of ether oxygens (including phenoxy) is 2. The lowest BCUT2D eigenvalue weighted by atomic mass is 9.86. The van der Waals surface area contributed by atoms with Crippen LogP contribution in [0, 0.1) is 6.92 Å². The number of hydrogen-bond acceptors (Lipinski definition) is 8. The van der Waals surface area contributed by atoms with Gasteiger partial charge in [-0.15, -0.1) is 0 Å². The molecule has 1 aromatic carbocycles. The number of benzene rings is 1. The largest absolute Gasteiger partial charge is 0.487 e. The molecule has 1 N–H and O–H groups in total. The summed E-state index contributed by atoms with van der Waals surface area (Å²) in [7, 11) is -3.90. The van der Waals surface area contributed by atoms with Crippen LogP contribution in [-0.2, 0) is 19.6 Å². The highest BCUT2D eigenvalue weighted by molar-refractivity contribution is 9.10. The fraction of sp³-hybridized carbons (Fsp3) is 0.464. The van der Waals surface area contributed by atoms with Crippen LogP contribution in [0.5, 0.6) is 5.75 Å². The summed E-state index contributed by atoms with van der Waals surface area (Å²) in [5.41, 5.74) is 1.96. The van der Waals surface area contributed by atoms with Gasteiger partial charge in [0, 0.05) is 60.3 Å². The minimum absolute atomic E-state index is 0.0970. The van der Waals surface area contributed by atoms with Gasteiger partial charge in [-0.1, -0.05) is 22.0 Å². The number of nitrogens with one attached hydrogen (secondary N) is 1. The summed E-state index contributed by atoms with van der Waals surface area (Å²) in [4.78, 5) is 34.1. The van der Waals surface area contributed by atoms with E-state index in [2.05, 4.69) is 31.1 Å². The highest BCUT2D eigenvalue weighted by Crippen LogP contribution is 2.33. The molecule has 5 rings (SSSR count). The van der Waals surface area contributed by atoms with Gasteiger partial charge in [0.1, 0.15) is 12.4 Å². The number of rotatable bonds is 7. The molecule has 4 heterocycles. The molecule has 0 spiro atoms. The lowest BCUT2D eigenvalue weighted by Crippen LogP contribution is -2.64. The van der Waals surface area contributed by atoms with Gasteiger partial charge in [-0.2, -0.15) is 4.31 Å². The number of halogens is 1. The number of anilines is 1. The molecule has 0 aliphatic carbocycles. The number of fused-ring (bicyclic) bond motifs is 1. The number of piperazine rings is 1. The van der Waals surface area contributed by atoms with Crippen LogP contribution < -0.4 is 15.0 Å². The van der Waals surface area contributed by atoms with Crippen molar-refractivity contribution in [3.63, 3.8) is 0 Å². The second kappa shape index (κ2) is 12.0. The van der Waals surface area contributed by atoms with E-state index in [1.165, 1.54) is 4.31 Å². The van der Waals surface area contributed by atoms with Crippen molar-refractivity contribution >= 4 is 49.7 Å². The van der Waals surface area contributed by atoms with Crippen molar-refractivity contribution in [2.45, 2.75) is 32.2 Å². The Hall–Kier alpha value is -3.16. The van der Waals surface area contributed by atoms with Gasteiger partial charge in [0.2, 0.25) is 15.9 Å². The molecule has 2 aromatic rings. The van der Waals surface area contributed by atoms with Crippen molar-refractivity contribution in [3.05, 3.63) is 57.2 Å². The quantitative estimate of drug-likeness (QED) is 0.487. The molecular formula is C28H34BrN5O6S. The van der Waals surface area contributed by atoms with Gasteiger partial charge >= 0.3 is 6.09 Å². The van der Waals surface area contributed by atoms with E-state index in [1.54, 1.807) is 36.2 Å². The third-order valence-electron chi connectivity index (χ3n) is 7.72. The second-order valence-electron chi connectivity index (χ2n) is 10.5. The van der Waals surface area contributed by atoms with E-state index in [0.717, 1.165) is 15.9 Å². The molecule has 13 heteroatoms. The number of sulfonamides is 1. The SMILES string of the molecule is CCOC(=O)NC1(CN2CCN(S(=O)(=O)C3=Cc4ccc(Br)cc4OC3)CC2=O)CCN(c2ccnc(C)c2)CC1. The van der Waals surface area contributed by atoms with E-state index in [4.69, 9.17) is 9.47 Å². The zero-order valence-corrected chi connectivity index (χ0v) is 25.5. The van der Waals surface area contributed by atoms with Gasteiger partial charge in [0.25, 0.3) is 0 Å². The number of hydrogen-bond donors (Lipinski definition) is 1. The summed E-state index contributed by atoms with van der Waals surface area (Å²) in [6.45, 7) is 5.54. The number of pyridine rings is 1. The maximum absolute atomic E-state index is 13.4. The summed E-state index contributed by atoms with van der Waals surface area (Å²) in [5.74, 6) is 0.294. The molecule has 0 atom stereocenters. The number of nitrogens with zero attached hydrogens (tertiary/aromatic N) is 4. The van der Waals surface area contributed by atoms with Crippen LogP contribution in [0.25, 0.3) is 6.08 Å². The normalized spacial score (nSPS) is 19.2. The van der Waals surface area contributed by atoms with Gasteiger partial charge in [-0.25, -0.2) is 13.2 Å². The van der Waals surface area contributed by atoms with Gasteiger partial charge in [-0.3, -0.25) is 9.78 Å². The van der Waals surface area contributed by atoms with Gasteiger partial charge < -0.3 is 24.6 Å². The first-order valence-corrected chi connectivity index (χ1v) is 15.9. The predicted octanol–water partition coefficient (Wildman–Crippen LogP) is 3.15. The van der Waals surface area contributed by atoms with Crippen molar-refractivity contribution in [1.82, 2.24) is 19.5 Å². The van der Waals surface area contributed by atoms with E-state index in [-0.39, 0.29) is 50.2 Å². The summed E-state index contributed by atoms with van der Waals surface area (Å²) >= 11 is 3.39. The third-order valence-corrected chi connectivity index (χ3v) is 10.1. The molecule has 11 nitrogen and oxygen atoms in total. The first-order chi connectivity index (χ1) is 19.6. The zero-order chi connectivity index (χ0) is 29.2. The lowest BCUT2D eigenvalue weighted by molar-refractivity contribution is -0.135. The van der Waals surface area contributed by atoms with Crippen LogP contribution in [0.2, 0.25) is 0 Å². The number of carbonyl (C=O) groups is 2. The minimum Gasteiger partial charge on any atom is -0.487 e. The summed E-state index contributed by atoms with van der Waals surface area (Å²) in [6.07, 6.45) is 4.06. The molecule has 0 unspecified atom stereocenters. The standard InChI is InChI=1S/C28H34BrN5O6S/c1-3-39-27(36)31-28(7-10-32(11-8-28)23-6-9-30-20(2)14-23)19-33-12-13-34(17-26(33)35)41(37,38)24-15-21-4-5-22(29)16-25(21)40-18-24/h4-6,9,14-16H,3,7-8,10-13,17-19H2,1-2H3,(H,31,36). The van der Waals surface area contributed by atoms with E-state index in [9.17, 15) is 18.0 Å². The number of amides is 2. The Morgan fingerprint density at radius 1 is 1.17 bits per heavy atom. The molecule has 0 saturated carbocycles. The molecular weight excluding hydrogens is 614 g/mol. The topological polar surface area (TPSA) is 121 Å². The molecule has 2 fully saturated rings. The molecule has 41 heavy (non-hydrogen) atoms. The van der Waals surface area contributed by atoms with E-state index >= 15 is 0 Å². The fourth-order valence-corrected chi connectivity index (χ4v) is 7.24. The Balaban J connectivity index is 1.27. The zero-order valence-electron chi connectivity index (χ0n) is 23.1.